The van der Waals surface area contributed by atoms with Gasteiger partial charge >= 0.3 is 0 Å². The second-order valence-electron chi connectivity index (χ2n) is 6.97. The van der Waals surface area contributed by atoms with E-state index in [0.717, 1.165) is 24.4 Å². The van der Waals surface area contributed by atoms with Gasteiger partial charge in [0.1, 0.15) is 11.5 Å². The van der Waals surface area contributed by atoms with Crippen LogP contribution >= 0.6 is 0 Å². The molecule has 0 amide bonds. The number of piperidine rings is 1. The first-order valence-electron chi connectivity index (χ1n) is 8.18. The Bertz CT molecular complexity index is 617. The summed E-state index contributed by atoms with van der Waals surface area (Å²) in [5.74, 6) is 3.56. The highest BCUT2D eigenvalue weighted by atomic mass is 32.2. The molecule has 0 aromatic carbocycles. The average Bonchev–Trinajstić information content (AvgIpc) is 3.02. The van der Waals surface area contributed by atoms with Crippen molar-refractivity contribution in [2.24, 2.45) is 11.8 Å². The summed E-state index contributed by atoms with van der Waals surface area (Å²) in [4.78, 5) is 0. The molecule has 2 heterocycles. The van der Waals surface area contributed by atoms with Crippen molar-refractivity contribution in [2.75, 3.05) is 20.1 Å². The maximum atomic E-state index is 12.6. The van der Waals surface area contributed by atoms with Crippen LogP contribution in [-0.4, -0.2) is 37.2 Å². The first kappa shape index (κ1) is 16.0. The van der Waals surface area contributed by atoms with Gasteiger partial charge in [0.15, 0.2) is 0 Å². The molecule has 6 heteroatoms. The molecule has 0 radical (unpaired) electrons. The number of hydrogen-bond acceptors (Lipinski definition) is 3. The summed E-state index contributed by atoms with van der Waals surface area (Å²) < 4.78 is 34.0. The third kappa shape index (κ3) is 3.24. The fourth-order valence-corrected chi connectivity index (χ4v) is 4.47. The molecular weight excluding hydrogens is 300 g/mol. The van der Waals surface area contributed by atoms with E-state index in [2.05, 4.69) is 13.8 Å². The molecule has 1 saturated heterocycles. The van der Waals surface area contributed by atoms with Gasteiger partial charge < -0.3 is 4.42 Å². The molecule has 0 N–H and O–H groups in total. The monoisotopic (exact) mass is 326 g/mol. The van der Waals surface area contributed by atoms with Gasteiger partial charge in [0.25, 0.3) is 10.2 Å². The molecular formula is C16H26N2O3S. The molecule has 3 rings (SSSR count). The van der Waals surface area contributed by atoms with Crippen molar-refractivity contribution in [2.45, 2.75) is 45.6 Å². The SMILES string of the molecule is CC1CCN(S(=O)(=O)N(C)Cc2ccc(C3CC3C)o2)CC1. The van der Waals surface area contributed by atoms with Crippen LogP contribution in [0.15, 0.2) is 16.5 Å². The number of rotatable bonds is 5. The number of nitrogens with zero attached hydrogens (tertiary/aromatic N) is 2. The molecule has 0 spiro atoms. The molecule has 2 fully saturated rings. The molecule has 124 valence electrons. The van der Waals surface area contributed by atoms with Gasteiger partial charge in [-0.25, -0.2) is 0 Å². The predicted octanol–water partition coefficient (Wildman–Crippen LogP) is 2.81. The Labute approximate surface area is 133 Å². The molecule has 1 aromatic heterocycles. The summed E-state index contributed by atoms with van der Waals surface area (Å²) in [6, 6.07) is 3.90. The van der Waals surface area contributed by atoms with Gasteiger partial charge in [-0.05, 0) is 43.2 Å². The van der Waals surface area contributed by atoms with Crippen LogP contribution in [0.2, 0.25) is 0 Å². The zero-order chi connectivity index (χ0) is 15.9. The highest BCUT2D eigenvalue weighted by Gasteiger charge is 2.37. The van der Waals surface area contributed by atoms with Crippen LogP contribution in [0, 0.1) is 11.8 Å². The van der Waals surface area contributed by atoms with E-state index in [0.29, 0.717) is 37.4 Å². The summed E-state index contributed by atoms with van der Waals surface area (Å²) in [5.41, 5.74) is 0. The zero-order valence-corrected chi connectivity index (χ0v) is 14.5. The molecule has 1 saturated carbocycles. The van der Waals surface area contributed by atoms with Crippen molar-refractivity contribution in [3.63, 3.8) is 0 Å². The normalized spacial score (nSPS) is 27.5. The van der Waals surface area contributed by atoms with E-state index in [1.54, 1.807) is 11.4 Å². The van der Waals surface area contributed by atoms with E-state index < -0.39 is 10.2 Å². The van der Waals surface area contributed by atoms with Crippen LogP contribution in [0.4, 0.5) is 0 Å². The Morgan fingerprint density at radius 3 is 2.50 bits per heavy atom. The van der Waals surface area contributed by atoms with Crippen molar-refractivity contribution in [1.29, 1.82) is 0 Å². The maximum absolute atomic E-state index is 12.6. The van der Waals surface area contributed by atoms with Crippen LogP contribution < -0.4 is 0 Å². The zero-order valence-electron chi connectivity index (χ0n) is 13.7. The first-order chi connectivity index (χ1) is 10.4. The Balaban J connectivity index is 1.63. The Morgan fingerprint density at radius 2 is 1.91 bits per heavy atom. The predicted molar refractivity (Wildman–Crippen MR) is 85.6 cm³/mol. The van der Waals surface area contributed by atoms with Crippen LogP contribution in [-0.2, 0) is 16.8 Å². The fourth-order valence-electron chi connectivity index (χ4n) is 3.11. The van der Waals surface area contributed by atoms with E-state index in [1.807, 2.05) is 12.1 Å². The van der Waals surface area contributed by atoms with E-state index in [9.17, 15) is 8.42 Å². The third-order valence-electron chi connectivity index (χ3n) is 5.00. The smallest absolute Gasteiger partial charge is 0.282 e. The lowest BCUT2D eigenvalue weighted by atomic mass is 10.0. The maximum Gasteiger partial charge on any atom is 0.282 e. The van der Waals surface area contributed by atoms with Crippen molar-refractivity contribution in [1.82, 2.24) is 8.61 Å². The Morgan fingerprint density at radius 1 is 1.27 bits per heavy atom. The third-order valence-corrected chi connectivity index (χ3v) is 6.93. The highest BCUT2D eigenvalue weighted by Crippen LogP contribution is 2.47. The van der Waals surface area contributed by atoms with Gasteiger partial charge in [0.2, 0.25) is 0 Å². The Kier molecular flexibility index (Phi) is 4.36. The minimum Gasteiger partial charge on any atom is -0.464 e. The quantitative estimate of drug-likeness (QED) is 0.836. The van der Waals surface area contributed by atoms with Gasteiger partial charge in [-0.3, -0.25) is 0 Å². The van der Waals surface area contributed by atoms with Gasteiger partial charge in [0, 0.05) is 26.1 Å². The first-order valence-corrected chi connectivity index (χ1v) is 9.57. The average molecular weight is 326 g/mol. The second kappa shape index (κ2) is 5.98. The minimum atomic E-state index is -3.38. The van der Waals surface area contributed by atoms with Crippen molar-refractivity contribution < 1.29 is 12.8 Å². The summed E-state index contributed by atoms with van der Waals surface area (Å²) in [7, 11) is -1.75. The highest BCUT2D eigenvalue weighted by molar-refractivity contribution is 7.86. The Hall–Kier alpha value is -0.850. The van der Waals surface area contributed by atoms with E-state index in [-0.39, 0.29) is 0 Å². The molecule has 1 aliphatic heterocycles. The molecule has 2 unspecified atom stereocenters. The number of hydrogen-bond donors (Lipinski definition) is 0. The molecule has 5 nitrogen and oxygen atoms in total. The fraction of sp³-hybridized carbons (Fsp3) is 0.750. The molecule has 2 aliphatic rings. The molecule has 0 bridgehead atoms. The van der Waals surface area contributed by atoms with E-state index >= 15 is 0 Å². The van der Waals surface area contributed by atoms with Gasteiger partial charge in [-0.2, -0.15) is 17.0 Å². The molecule has 1 aromatic rings. The summed E-state index contributed by atoms with van der Waals surface area (Å²) >= 11 is 0. The number of furan rings is 1. The topological polar surface area (TPSA) is 53.8 Å². The molecule has 22 heavy (non-hydrogen) atoms. The standard InChI is InChI=1S/C16H26N2O3S/c1-12-6-8-18(9-7-12)22(19,20)17(3)11-14-4-5-16(21-14)15-10-13(15)2/h4-5,12-13,15H,6-11H2,1-3H3. The summed E-state index contributed by atoms with van der Waals surface area (Å²) in [6.07, 6.45) is 3.06. The van der Waals surface area contributed by atoms with Crippen LogP contribution in [0.3, 0.4) is 0 Å². The lowest BCUT2D eigenvalue weighted by Crippen LogP contribution is -2.45. The summed E-state index contributed by atoms with van der Waals surface area (Å²) in [5, 5.41) is 0. The molecule has 1 aliphatic carbocycles. The van der Waals surface area contributed by atoms with E-state index in [1.165, 1.54) is 10.7 Å². The minimum absolute atomic E-state index is 0.301. The van der Waals surface area contributed by atoms with Crippen LogP contribution in [0.5, 0.6) is 0 Å². The second-order valence-corrected chi connectivity index (χ2v) is 9.00. The van der Waals surface area contributed by atoms with Crippen molar-refractivity contribution in [3.05, 3.63) is 23.7 Å². The van der Waals surface area contributed by atoms with Gasteiger partial charge in [-0.1, -0.05) is 13.8 Å². The van der Waals surface area contributed by atoms with Gasteiger partial charge in [-0.15, -0.1) is 0 Å². The van der Waals surface area contributed by atoms with E-state index in [4.69, 9.17) is 4.42 Å². The largest absolute Gasteiger partial charge is 0.464 e. The van der Waals surface area contributed by atoms with Crippen LogP contribution in [0.1, 0.15) is 50.5 Å². The van der Waals surface area contributed by atoms with Crippen LogP contribution in [0.25, 0.3) is 0 Å². The van der Waals surface area contributed by atoms with Gasteiger partial charge in [0.05, 0.1) is 6.54 Å². The van der Waals surface area contributed by atoms with Crippen molar-refractivity contribution in [3.8, 4) is 0 Å². The summed E-state index contributed by atoms with van der Waals surface area (Å²) in [6.45, 7) is 5.93. The lowest BCUT2D eigenvalue weighted by molar-refractivity contribution is 0.266. The van der Waals surface area contributed by atoms with Crippen molar-refractivity contribution >= 4 is 10.2 Å². The molecule has 2 atom stereocenters. The lowest BCUT2D eigenvalue weighted by Gasteiger charge is -2.32.